The Balaban J connectivity index is 1.40. The van der Waals surface area contributed by atoms with Crippen molar-refractivity contribution in [3.8, 4) is 0 Å². The predicted molar refractivity (Wildman–Crippen MR) is 130 cm³/mol. The van der Waals surface area contributed by atoms with Crippen LogP contribution in [0.4, 0.5) is 17.6 Å². The number of hydrogen-bond acceptors (Lipinski definition) is 7. The van der Waals surface area contributed by atoms with E-state index in [2.05, 4.69) is 38.3 Å². The first-order valence-corrected chi connectivity index (χ1v) is 12.3. The molecule has 0 unspecified atom stereocenters. The summed E-state index contributed by atoms with van der Waals surface area (Å²) in [5.74, 6) is 3.32. The Kier molecular flexibility index (Phi) is 8.15. The highest BCUT2D eigenvalue weighted by atomic mass is 32.1. The third-order valence-corrected chi connectivity index (χ3v) is 6.65. The van der Waals surface area contributed by atoms with E-state index in [1.165, 1.54) is 32.1 Å². The molecule has 0 radical (unpaired) electrons. The molecule has 3 fully saturated rings. The van der Waals surface area contributed by atoms with Crippen LogP contribution in [0.15, 0.2) is 6.07 Å². The molecular formula is C22H37N7OS. The Morgan fingerprint density at radius 2 is 1.74 bits per heavy atom. The summed E-state index contributed by atoms with van der Waals surface area (Å²) in [6, 6.07) is 2.17. The van der Waals surface area contributed by atoms with Crippen LogP contribution in [-0.2, 0) is 4.74 Å². The quantitative estimate of drug-likeness (QED) is 0.640. The molecule has 0 spiro atoms. The fraction of sp³-hybridized carbons (Fsp3) is 0.773. The number of nitrogens with zero attached hydrogens (tertiary/aromatic N) is 5. The van der Waals surface area contributed by atoms with Crippen LogP contribution < -0.4 is 20.4 Å². The van der Waals surface area contributed by atoms with Crippen LogP contribution >= 0.6 is 12.2 Å². The van der Waals surface area contributed by atoms with Gasteiger partial charge in [0.05, 0.1) is 13.2 Å². The number of aromatic nitrogens is 2. The second kappa shape index (κ2) is 11.2. The van der Waals surface area contributed by atoms with E-state index in [1.807, 2.05) is 0 Å². The summed E-state index contributed by atoms with van der Waals surface area (Å²) in [5, 5.41) is 7.15. The lowest BCUT2D eigenvalue weighted by molar-refractivity contribution is 0.0389. The van der Waals surface area contributed by atoms with Gasteiger partial charge in [-0.1, -0.05) is 6.92 Å². The van der Waals surface area contributed by atoms with Gasteiger partial charge in [0.25, 0.3) is 0 Å². The molecule has 31 heavy (non-hydrogen) atoms. The van der Waals surface area contributed by atoms with E-state index in [0.29, 0.717) is 17.0 Å². The van der Waals surface area contributed by atoms with Crippen molar-refractivity contribution >= 4 is 34.9 Å². The van der Waals surface area contributed by atoms with E-state index < -0.39 is 0 Å². The normalized spacial score (nSPS) is 22.9. The zero-order valence-electron chi connectivity index (χ0n) is 18.8. The van der Waals surface area contributed by atoms with Gasteiger partial charge in [0.15, 0.2) is 5.11 Å². The minimum Gasteiger partial charge on any atom is -0.379 e. The number of rotatable bonds is 6. The lowest BCUT2D eigenvalue weighted by Crippen LogP contribution is -2.42. The highest BCUT2D eigenvalue weighted by Gasteiger charge is 2.21. The van der Waals surface area contributed by atoms with Crippen molar-refractivity contribution in [2.75, 3.05) is 80.7 Å². The molecule has 8 nitrogen and oxygen atoms in total. The van der Waals surface area contributed by atoms with E-state index in [4.69, 9.17) is 26.9 Å². The van der Waals surface area contributed by atoms with E-state index in [-0.39, 0.29) is 0 Å². The van der Waals surface area contributed by atoms with Crippen molar-refractivity contribution in [2.45, 2.75) is 39.0 Å². The van der Waals surface area contributed by atoms with Gasteiger partial charge in [-0.25, -0.2) is 0 Å². The van der Waals surface area contributed by atoms with Crippen molar-refractivity contribution in [3.05, 3.63) is 6.07 Å². The molecular weight excluding hydrogens is 410 g/mol. The molecule has 4 rings (SSSR count). The predicted octanol–water partition coefficient (Wildman–Crippen LogP) is 2.32. The molecule has 0 amide bonds. The van der Waals surface area contributed by atoms with Gasteiger partial charge < -0.3 is 25.2 Å². The van der Waals surface area contributed by atoms with Crippen LogP contribution in [0.25, 0.3) is 0 Å². The van der Waals surface area contributed by atoms with Crippen molar-refractivity contribution in [3.63, 3.8) is 0 Å². The largest absolute Gasteiger partial charge is 0.379 e. The zero-order valence-corrected chi connectivity index (χ0v) is 19.6. The van der Waals surface area contributed by atoms with Gasteiger partial charge in [-0.15, -0.1) is 0 Å². The Labute approximate surface area is 191 Å². The van der Waals surface area contributed by atoms with Gasteiger partial charge in [0, 0.05) is 58.4 Å². The zero-order chi connectivity index (χ0) is 21.5. The third kappa shape index (κ3) is 6.63. The van der Waals surface area contributed by atoms with Crippen molar-refractivity contribution in [1.82, 2.24) is 20.2 Å². The molecule has 2 N–H and O–H groups in total. The number of hydrogen-bond donors (Lipinski definition) is 2. The lowest BCUT2D eigenvalue weighted by Gasteiger charge is -2.33. The Morgan fingerprint density at radius 1 is 1.03 bits per heavy atom. The summed E-state index contributed by atoms with van der Waals surface area (Å²) in [7, 11) is 0. The highest BCUT2D eigenvalue weighted by Crippen LogP contribution is 2.27. The van der Waals surface area contributed by atoms with Crippen LogP contribution in [-0.4, -0.2) is 85.6 Å². The average molecular weight is 448 g/mol. The second-order valence-electron chi connectivity index (χ2n) is 8.98. The fourth-order valence-corrected chi connectivity index (χ4v) is 4.81. The minimum atomic E-state index is 0.585. The number of ether oxygens (including phenoxy) is 1. The smallest absolute Gasteiger partial charge is 0.232 e. The van der Waals surface area contributed by atoms with Crippen LogP contribution in [0.3, 0.4) is 0 Å². The maximum absolute atomic E-state index is 5.55. The fourth-order valence-electron chi connectivity index (χ4n) is 4.62. The van der Waals surface area contributed by atoms with Crippen LogP contribution in [0, 0.1) is 5.92 Å². The molecule has 3 aliphatic rings. The Bertz CT molecular complexity index is 722. The van der Waals surface area contributed by atoms with Crippen LogP contribution in [0.5, 0.6) is 0 Å². The van der Waals surface area contributed by atoms with Gasteiger partial charge in [-0.05, 0) is 50.2 Å². The molecule has 1 aromatic rings. The highest BCUT2D eigenvalue weighted by molar-refractivity contribution is 7.80. The first-order chi connectivity index (χ1) is 15.2. The van der Waals surface area contributed by atoms with Crippen LogP contribution in [0.2, 0.25) is 0 Å². The van der Waals surface area contributed by atoms with E-state index in [9.17, 15) is 0 Å². The number of thiocarbonyl (C=S) groups is 1. The molecule has 0 aliphatic carbocycles. The standard InChI is InChI=1S/C22H37N7OS/c1-18-6-5-10-29(17-18)20-16-19(28-8-3-2-4-9-28)24-21(25-20)26-22(31)23-7-11-27-12-14-30-15-13-27/h16,18H,2-15,17H2,1H3,(H2,23,24,25,26,31)/t18-/m1/s1. The first-order valence-electron chi connectivity index (χ1n) is 11.9. The number of anilines is 3. The molecule has 4 heterocycles. The molecule has 172 valence electrons. The topological polar surface area (TPSA) is 68.8 Å². The monoisotopic (exact) mass is 447 g/mol. The van der Waals surface area contributed by atoms with E-state index in [1.54, 1.807) is 0 Å². The Morgan fingerprint density at radius 3 is 2.48 bits per heavy atom. The number of nitrogens with one attached hydrogen (secondary N) is 2. The molecule has 1 atom stereocenters. The van der Waals surface area contributed by atoms with Crippen molar-refractivity contribution in [1.29, 1.82) is 0 Å². The summed E-state index contributed by atoms with van der Waals surface area (Å²) in [5.41, 5.74) is 0. The molecule has 1 aromatic heterocycles. The molecule has 9 heteroatoms. The first kappa shape index (κ1) is 22.5. The molecule has 0 bridgehead atoms. The molecule has 0 saturated carbocycles. The molecule has 3 saturated heterocycles. The Hall–Kier alpha value is -1.71. The lowest BCUT2D eigenvalue weighted by atomic mass is 10.0. The maximum Gasteiger partial charge on any atom is 0.232 e. The van der Waals surface area contributed by atoms with Gasteiger partial charge in [0.1, 0.15) is 11.6 Å². The molecule has 0 aromatic carbocycles. The summed E-state index contributed by atoms with van der Waals surface area (Å²) in [4.78, 5) is 16.9. The SMILES string of the molecule is C[C@@H]1CCCN(c2cc(N3CCCCC3)nc(NC(=S)NCCN3CCOCC3)n2)C1. The van der Waals surface area contributed by atoms with E-state index >= 15 is 0 Å². The second-order valence-corrected chi connectivity index (χ2v) is 9.39. The molecule has 3 aliphatic heterocycles. The van der Waals surface area contributed by atoms with Gasteiger partial charge in [0.2, 0.25) is 5.95 Å². The van der Waals surface area contributed by atoms with E-state index in [0.717, 1.165) is 77.2 Å². The van der Waals surface area contributed by atoms with Gasteiger partial charge >= 0.3 is 0 Å². The van der Waals surface area contributed by atoms with Crippen molar-refractivity contribution in [2.24, 2.45) is 5.92 Å². The van der Waals surface area contributed by atoms with Crippen LogP contribution in [0.1, 0.15) is 39.0 Å². The van der Waals surface area contributed by atoms with Crippen molar-refractivity contribution < 1.29 is 4.74 Å². The summed E-state index contributed by atoms with van der Waals surface area (Å²) >= 11 is 5.55. The van der Waals surface area contributed by atoms with Gasteiger partial charge in [-0.3, -0.25) is 4.90 Å². The average Bonchev–Trinajstić information content (AvgIpc) is 2.80. The number of morpholine rings is 1. The third-order valence-electron chi connectivity index (χ3n) is 6.40. The summed E-state index contributed by atoms with van der Waals surface area (Å²) in [6.07, 6.45) is 6.27. The number of piperidine rings is 2. The maximum atomic E-state index is 5.55. The van der Waals surface area contributed by atoms with Gasteiger partial charge in [-0.2, -0.15) is 9.97 Å². The summed E-state index contributed by atoms with van der Waals surface area (Å²) < 4.78 is 5.41. The minimum absolute atomic E-state index is 0.585. The summed E-state index contributed by atoms with van der Waals surface area (Å²) in [6.45, 7) is 11.9.